The molecule has 134 valence electrons. The second-order valence-corrected chi connectivity index (χ2v) is 9.08. The second-order valence-electron chi connectivity index (χ2n) is 6.03. The molecule has 5 nitrogen and oxygen atoms in total. The van der Waals surface area contributed by atoms with Crippen LogP contribution in [0.2, 0.25) is 10.0 Å². The molecular weight excluding hydrogens is 385 g/mol. The molecule has 1 amide bonds. The summed E-state index contributed by atoms with van der Waals surface area (Å²) in [6, 6.07) is 8.17. The lowest BCUT2D eigenvalue weighted by atomic mass is 10.1. The molecule has 2 heterocycles. The van der Waals surface area contributed by atoms with Crippen LogP contribution in [0.5, 0.6) is 0 Å². The van der Waals surface area contributed by atoms with Crippen molar-refractivity contribution in [3.8, 4) is 0 Å². The van der Waals surface area contributed by atoms with Crippen LogP contribution in [0, 0.1) is 0 Å². The maximum absolute atomic E-state index is 12.9. The standard InChI is InChI=1S/C17H17Cl2NO4S/c18-15-4-1-5-16(19)14(15)9-17(21)20(10-13-3-2-7-24-13)12-6-8-25(22,23)11-12/h1-5,7,12H,6,8-11H2/t12-/m1/s1. The summed E-state index contributed by atoms with van der Waals surface area (Å²) in [5.74, 6) is 0.429. The van der Waals surface area contributed by atoms with Gasteiger partial charge in [0.05, 0.1) is 30.7 Å². The number of furan rings is 1. The molecule has 1 aliphatic rings. The first kappa shape index (κ1) is 18.3. The van der Waals surface area contributed by atoms with E-state index in [2.05, 4.69) is 0 Å². The van der Waals surface area contributed by atoms with Gasteiger partial charge in [-0.25, -0.2) is 8.42 Å². The molecule has 0 saturated carbocycles. The Bertz CT molecular complexity index is 845. The average Bonchev–Trinajstić information content (AvgIpc) is 3.17. The van der Waals surface area contributed by atoms with Gasteiger partial charge in [-0.05, 0) is 36.2 Å². The summed E-state index contributed by atoms with van der Waals surface area (Å²) in [6.07, 6.45) is 1.95. The molecule has 0 radical (unpaired) electrons. The fourth-order valence-electron chi connectivity index (χ4n) is 2.97. The number of benzene rings is 1. The molecule has 1 aromatic carbocycles. The average molecular weight is 402 g/mol. The Morgan fingerprint density at radius 3 is 2.48 bits per heavy atom. The Labute approximate surface area is 156 Å². The van der Waals surface area contributed by atoms with Gasteiger partial charge < -0.3 is 9.32 Å². The Kier molecular flexibility index (Phi) is 5.41. The zero-order valence-electron chi connectivity index (χ0n) is 13.3. The molecule has 0 aliphatic carbocycles. The summed E-state index contributed by atoms with van der Waals surface area (Å²) in [6.45, 7) is 0.216. The van der Waals surface area contributed by atoms with Gasteiger partial charge in [-0.15, -0.1) is 0 Å². The van der Waals surface area contributed by atoms with Crippen molar-refractivity contribution < 1.29 is 17.6 Å². The third kappa shape index (κ3) is 4.37. The second kappa shape index (κ2) is 7.40. The summed E-state index contributed by atoms with van der Waals surface area (Å²) in [5, 5.41) is 0.829. The van der Waals surface area contributed by atoms with Crippen LogP contribution in [0.3, 0.4) is 0 Å². The third-order valence-corrected chi connectivity index (χ3v) is 6.72. The minimum atomic E-state index is -3.12. The molecule has 1 aliphatic heterocycles. The minimum absolute atomic E-state index is 0.00969. The zero-order chi connectivity index (χ0) is 18.0. The highest BCUT2D eigenvalue weighted by atomic mass is 35.5. The van der Waals surface area contributed by atoms with E-state index in [1.54, 1.807) is 35.2 Å². The van der Waals surface area contributed by atoms with E-state index in [-0.39, 0.29) is 36.4 Å². The first-order valence-corrected chi connectivity index (χ1v) is 10.4. The van der Waals surface area contributed by atoms with E-state index in [0.29, 0.717) is 27.8 Å². The molecule has 1 fully saturated rings. The van der Waals surface area contributed by atoms with Crippen LogP contribution in [0.15, 0.2) is 41.0 Å². The highest BCUT2D eigenvalue weighted by Crippen LogP contribution is 2.27. The maximum Gasteiger partial charge on any atom is 0.227 e. The molecule has 25 heavy (non-hydrogen) atoms. The number of amides is 1. The first-order chi connectivity index (χ1) is 11.9. The molecule has 0 spiro atoms. The number of nitrogens with zero attached hydrogens (tertiary/aromatic N) is 1. The summed E-state index contributed by atoms with van der Waals surface area (Å²) in [7, 11) is -3.12. The minimum Gasteiger partial charge on any atom is -0.467 e. The molecule has 0 unspecified atom stereocenters. The van der Waals surface area contributed by atoms with Crippen LogP contribution >= 0.6 is 23.2 Å². The smallest absolute Gasteiger partial charge is 0.227 e. The van der Waals surface area contributed by atoms with Gasteiger partial charge in [0.1, 0.15) is 5.76 Å². The Morgan fingerprint density at radius 2 is 1.92 bits per heavy atom. The number of carbonyl (C=O) groups is 1. The van der Waals surface area contributed by atoms with Crippen molar-refractivity contribution in [2.75, 3.05) is 11.5 Å². The molecule has 8 heteroatoms. The van der Waals surface area contributed by atoms with E-state index in [9.17, 15) is 13.2 Å². The van der Waals surface area contributed by atoms with Crippen molar-refractivity contribution in [1.29, 1.82) is 0 Å². The topological polar surface area (TPSA) is 67.6 Å². The van der Waals surface area contributed by atoms with Gasteiger partial charge >= 0.3 is 0 Å². The van der Waals surface area contributed by atoms with Crippen LogP contribution in [0.1, 0.15) is 17.7 Å². The summed E-state index contributed by atoms with van der Waals surface area (Å²) in [4.78, 5) is 14.5. The van der Waals surface area contributed by atoms with Crippen LogP contribution in [0.4, 0.5) is 0 Å². The monoisotopic (exact) mass is 401 g/mol. The SMILES string of the molecule is O=C(Cc1c(Cl)cccc1Cl)N(Cc1ccco1)[C@@H]1CCS(=O)(=O)C1. The number of halogens is 2. The number of carbonyl (C=O) groups excluding carboxylic acids is 1. The summed E-state index contributed by atoms with van der Waals surface area (Å²) >= 11 is 12.3. The van der Waals surface area contributed by atoms with Gasteiger partial charge in [0, 0.05) is 16.1 Å². The fourth-order valence-corrected chi connectivity index (χ4v) is 5.23. The fraction of sp³-hybridized carbons (Fsp3) is 0.353. The zero-order valence-corrected chi connectivity index (χ0v) is 15.6. The molecule has 1 aromatic heterocycles. The van der Waals surface area contributed by atoms with E-state index in [1.807, 2.05) is 0 Å². The van der Waals surface area contributed by atoms with Crippen LogP contribution in [0.25, 0.3) is 0 Å². The molecule has 3 rings (SSSR count). The van der Waals surface area contributed by atoms with Gasteiger partial charge in [-0.3, -0.25) is 4.79 Å². The molecular formula is C17H17Cl2NO4S. The highest BCUT2D eigenvalue weighted by molar-refractivity contribution is 7.91. The number of hydrogen-bond donors (Lipinski definition) is 0. The summed E-state index contributed by atoms with van der Waals surface area (Å²) in [5.41, 5.74) is 0.543. The van der Waals surface area contributed by atoms with Crippen molar-refractivity contribution in [2.45, 2.75) is 25.4 Å². The first-order valence-electron chi connectivity index (χ1n) is 7.81. The van der Waals surface area contributed by atoms with Gasteiger partial charge in [0.25, 0.3) is 0 Å². The van der Waals surface area contributed by atoms with Crippen molar-refractivity contribution >= 4 is 38.9 Å². The highest BCUT2D eigenvalue weighted by Gasteiger charge is 2.35. The quantitative estimate of drug-likeness (QED) is 0.770. The van der Waals surface area contributed by atoms with E-state index in [0.717, 1.165) is 0 Å². The Morgan fingerprint density at radius 1 is 1.20 bits per heavy atom. The molecule has 0 bridgehead atoms. The van der Waals surface area contributed by atoms with E-state index in [4.69, 9.17) is 27.6 Å². The predicted octanol–water partition coefficient (Wildman–Crippen LogP) is 3.34. The van der Waals surface area contributed by atoms with E-state index >= 15 is 0 Å². The van der Waals surface area contributed by atoms with Crippen LogP contribution < -0.4 is 0 Å². The van der Waals surface area contributed by atoms with Gasteiger partial charge in [-0.2, -0.15) is 0 Å². The normalized spacial score (nSPS) is 19.0. The van der Waals surface area contributed by atoms with Crippen LogP contribution in [-0.4, -0.2) is 36.8 Å². The van der Waals surface area contributed by atoms with Crippen molar-refractivity contribution in [3.05, 3.63) is 58.0 Å². The largest absolute Gasteiger partial charge is 0.467 e. The predicted molar refractivity (Wildman–Crippen MR) is 96.5 cm³/mol. The number of hydrogen-bond acceptors (Lipinski definition) is 4. The van der Waals surface area contributed by atoms with Crippen molar-refractivity contribution in [2.24, 2.45) is 0 Å². The lowest BCUT2D eigenvalue weighted by Gasteiger charge is -2.28. The lowest BCUT2D eigenvalue weighted by Crippen LogP contribution is -2.41. The molecule has 0 N–H and O–H groups in total. The van der Waals surface area contributed by atoms with E-state index in [1.165, 1.54) is 6.26 Å². The number of sulfone groups is 1. The molecule has 1 saturated heterocycles. The van der Waals surface area contributed by atoms with Crippen molar-refractivity contribution in [3.63, 3.8) is 0 Å². The molecule has 2 aromatic rings. The van der Waals surface area contributed by atoms with Gasteiger partial charge in [0.15, 0.2) is 9.84 Å². The third-order valence-electron chi connectivity index (χ3n) is 4.27. The van der Waals surface area contributed by atoms with Gasteiger partial charge in [0.2, 0.25) is 5.91 Å². The lowest BCUT2D eigenvalue weighted by molar-refractivity contribution is -0.133. The Hall–Kier alpha value is -1.50. The van der Waals surface area contributed by atoms with E-state index < -0.39 is 9.84 Å². The van der Waals surface area contributed by atoms with Gasteiger partial charge in [-0.1, -0.05) is 29.3 Å². The maximum atomic E-state index is 12.9. The van der Waals surface area contributed by atoms with Crippen LogP contribution in [-0.2, 0) is 27.6 Å². The number of rotatable bonds is 5. The molecule has 1 atom stereocenters. The van der Waals surface area contributed by atoms with Crippen molar-refractivity contribution in [1.82, 2.24) is 4.90 Å². The Balaban J connectivity index is 1.84. The summed E-state index contributed by atoms with van der Waals surface area (Å²) < 4.78 is 29.0.